The molecule has 88 valence electrons. The van der Waals surface area contributed by atoms with Crippen molar-refractivity contribution in [2.24, 2.45) is 0 Å². The van der Waals surface area contributed by atoms with Gasteiger partial charge in [-0.1, -0.05) is 32.9 Å². The van der Waals surface area contributed by atoms with Crippen LogP contribution in [0.25, 0.3) is 0 Å². The molecule has 0 fully saturated rings. The van der Waals surface area contributed by atoms with E-state index in [-0.39, 0.29) is 5.78 Å². The zero-order valence-corrected chi connectivity index (χ0v) is 10.6. The van der Waals surface area contributed by atoms with E-state index in [1.807, 2.05) is 6.07 Å². The molecule has 0 radical (unpaired) electrons. The average molecular weight is 219 g/mol. The number of carbonyl (C=O) groups excluding carboxylic acids is 1. The minimum atomic E-state index is 0.182. The Morgan fingerprint density at radius 1 is 1.38 bits per heavy atom. The monoisotopic (exact) mass is 219 g/mol. The van der Waals surface area contributed by atoms with Gasteiger partial charge in [0.2, 0.25) is 0 Å². The maximum Gasteiger partial charge on any atom is 0.176 e. The second-order valence-corrected chi connectivity index (χ2v) is 4.38. The quantitative estimate of drug-likeness (QED) is 0.771. The van der Waals surface area contributed by atoms with Crippen molar-refractivity contribution < 1.29 is 4.79 Å². The van der Waals surface area contributed by atoms with Crippen molar-refractivity contribution in [3.8, 4) is 0 Å². The van der Waals surface area contributed by atoms with E-state index < -0.39 is 0 Å². The minimum absolute atomic E-state index is 0.182. The third-order valence-electron chi connectivity index (χ3n) is 2.82. The topological polar surface area (TPSA) is 29.1 Å². The van der Waals surface area contributed by atoms with Gasteiger partial charge in [0.25, 0.3) is 0 Å². The minimum Gasteiger partial charge on any atom is -0.313 e. The largest absolute Gasteiger partial charge is 0.313 e. The Hall–Kier alpha value is -1.15. The van der Waals surface area contributed by atoms with Crippen LogP contribution in [0.3, 0.4) is 0 Å². The summed E-state index contributed by atoms with van der Waals surface area (Å²) in [5.74, 6) is 0.647. The number of likely N-dealkylation sites (N-methyl/N-ethyl adjacent to an activating group) is 1. The fourth-order valence-corrected chi connectivity index (χ4v) is 1.78. The Kier molecular flexibility index (Phi) is 4.69. The number of carbonyl (C=O) groups is 1. The molecule has 0 atom stereocenters. The Labute approximate surface area is 98.1 Å². The van der Waals surface area contributed by atoms with Crippen LogP contribution in [0.5, 0.6) is 0 Å². The summed E-state index contributed by atoms with van der Waals surface area (Å²) in [7, 11) is 1.80. The van der Waals surface area contributed by atoms with Crippen molar-refractivity contribution in [3.63, 3.8) is 0 Å². The molecule has 0 amide bonds. The lowest BCUT2D eigenvalue weighted by atomic mass is 9.94. The summed E-state index contributed by atoms with van der Waals surface area (Å²) >= 11 is 0. The Balaban J connectivity index is 3.11. The molecule has 0 saturated carbocycles. The van der Waals surface area contributed by atoms with Gasteiger partial charge in [0, 0.05) is 5.56 Å². The highest BCUT2D eigenvalue weighted by Gasteiger charge is 2.11. The maximum absolute atomic E-state index is 11.9. The van der Waals surface area contributed by atoms with Crippen LogP contribution in [0.15, 0.2) is 18.2 Å². The van der Waals surface area contributed by atoms with Crippen LogP contribution in [0.2, 0.25) is 0 Å². The lowest BCUT2D eigenvalue weighted by molar-refractivity contribution is 0.0992. The standard InChI is InChI=1S/C14H21NO/c1-5-11-6-7-12(10(2)3)8-13(11)14(16)9-15-4/h6-8,10,15H,5,9H2,1-4H3. The number of ketones is 1. The van der Waals surface area contributed by atoms with Gasteiger partial charge in [-0.25, -0.2) is 0 Å². The normalized spacial score (nSPS) is 10.8. The highest BCUT2D eigenvalue weighted by atomic mass is 16.1. The maximum atomic E-state index is 11.9. The van der Waals surface area contributed by atoms with Crippen molar-refractivity contribution in [2.45, 2.75) is 33.1 Å². The smallest absolute Gasteiger partial charge is 0.176 e. The van der Waals surface area contributed by atoms with Crippen molar-refractivity contribution in [2.75, 3.05) is 13.6 Å². The Morgan fingerprint density at radius 3 is 2.56 bits per heavy atom. The molecule has 16 heavy (non-hydrogen) atoms. The van der Waals surface area contributed by atoms with E-state index in [1.54, 1.807) is 7.05 Å². The molecule has 0 saturated heterocycles. The van der Waals surface area contributed by atoms with Gasteiger partial charge >= 0.3 is 0 Å². The van der Waals surface area contributed by atoms with Crippen molar-refractivity contribution >= 4 is 5.78 Å². The second-order valence-electron chi connectivity index (χ2n) is 4.38. The molecule has 0 spiro atoms. The molecule has 0 bridgehead atoms. The number of benzene rings is 1. The highest BCUT2D eigenvalue weighted by Crippen LogP contribution is 2.19. The molecular formula is C14H21NO. The van der Waals surface area contributed by atoms with Gasteiger partial charge in [0.15, 0.2) is 5.78 Å². The molecule has 1 N–H and O–H groups in total. The number of Topliss-reactive ketones (excluding diaryl/α,β-unsaturated/α-hetero) is 1. The Morgan fingerprint density at radius 2 is 2.06 bits per heavy atom. The summed E-state index contributed by atoms with van der Waals surface area (Å²) in [6, 6.07) is 6.25. The molecule has 0 unspecified atom stereocenters. The summed E-state index contributed by atoms with van der Waals surface area (Å²) in [5.41, 5.74) is 3.25. The first-order valence-corrected chi connectivity index (χ1v) is 5.90. The fraction of sp³-hybridized carbons (Fsp3) is 0.500. The zero-order valence-electron chi connectivity index (χ0n) is 10.6. The molecule has 2 nitrogen and oxygen atoms in total. The number of hydrogen-bond acceptors (Lipinski definition) is 2. The van der Waals surface area contributed by atoms with Crippen LogP contribution in [-0.4, -0.2) is 19.4 Å². The summed E-state index contributed by atoms with van der Waals surface area (Å²) in [6.45, 7) is 6.79. The van der Waals surface area contributed by atoms with Crippen LogP contribution in [0, 0.1) is 0 Å². The lowest BCUT2D eigenvalue weighted by Crippen LogP contribution is -2.20. The second kappa shape index (κ2) is 5.80. The summed E-state index contributed by atoms with van der Waals surface area (Å²) in [5, 5.41) is 2.92. The number of aryl methyl sites for hydroxylation is 1. The van der Waals surface area contributed by atoms with E-state index in [2.05, 4.69) is 38.2 Å². The van der Waals surface area contributed by atoms with E-state index in [0.717, 1.165) is 17.5 Å². The highest BCUT2D eigenvalue weighted by molar-refractivity contribution is 5.99. The predicted octanol–water partition coefficient (Wildman–Crippen LogP) is 2.77. The predicted molar refractivity (Wildman–Crippen MR) is 68.2 cm³/mol. The number of hydrogen-bond donors (Lipinski definition) is 1. The molecule has 1 rings (SSSR count). The van der Waals surface area contributed by atoms with Crippen LogP contribution in [0.4, 0.5) is 0 Å². The van der Waals surface area contributed by atoms with E-state index in [1.165, 1.54) is 5.56 Å². The molecule has 2 heteroatoms. The summed E-state index contributed by atoms with van der Waals surface area (Å²) in [6.07, 6.45) is 0.906. The molecule has 0 aromatic heterocycles. The molecule has 1 aromatic carbocycles. The SMILES string of the molecule is CCc1ccc(C(C)C)cc1C(=O)CNC. The average Bonchev–Trinajstić information content (AvgIpc) is 2.28. The molecule has 1 aromatic rings. The van der Waals surface area contributed by atoms with Crippen LogP contribution >= 0.6 is 0 Å². The third kappa shape index (κ3) is 2.92. The Bertz CT molecular complexity index is 369. The third-order valence-corrected chi connectivity index (χ3v) is 2.82. The van der Waals surface area contributed by atoms with Gasteiger partial charge in [-0.05, 0) is 36.6 Å². The molecule has 0 heterocycles. The first kappa shape index (κ1) is 12.9. The van der Waals surface area contributed by atoms with Gasteiger partial charge in [-0.2, -0.15) is 0 Å². The van der Waals surface area contributed by atoms with Gasteiger partial charge < -0.3 is 5.32 Å². The molecular weight excluding hydrogens is 198 g/mol. The number of rotatable bonds is 5. The number of nitrogens with one attached hydrogen (secondary N) is 1. The first-order chi connectivity index (χ1) is 7.60. The van der Waals surface area contributed by atoms with E-state index in [4.69, 9.17) is 0 Å². The van der Waals surface area contributed by atoms with Gasteiger partial charge in [-0.3, -0.25) is 4.79 Å². The van der Waals surface area contributed by atoms with Crippen LogP contribution in [-0.2, 0) is 6.42 Å². The zero-order chi connectivity index (χ0) is 12.1. The van der Waals surface area contributed by atoms with Crippen molar-refractivity contribution in [1.82, 2.24) is 5.32 Å². The summed E-state index contributed by atoms with van der Waals surface area (Å²) in [4.78, 5) is 11.9. The van der Waals surface area contributed by atoms with Crippen LogP contribution in [0.1, 0.15) is 48.2 Å². The lowest BCUT2D eigenvalue weighted by Gasteiger charge is -2.11. The first-order valence-electron chi connectivity index (χ1n) is 5.90. The molecule has 0 aliphatic heterocycles. The summed E-state index contributed by atoms with van der Waals surface area (Å²) < 4.78 is 0. The van der Waals surface area contributed by atoms with Gasteiger partial charge in [0.1, 0.15) is 0 Å². The van der Waals surface area contributed by atoms with Crippen molar-refractivity contribution in [1.29, 1.82) is 0 Å². The molecule has 0 aliphatic carbocycles. The van der Waals surface area contributed by atoms with Crippen molar-refractivity contribution in [3.05, 3.63) is 34.9 Å². The van der Waals surface area contributed by atoms with E-state index in [9.17, 15) is 4.79 Å². The van der Waals surface area contributed by atoms with Crippen LogP contribution < -0.4 is 5.32 Å². The van der Waals surface area contributed by atoms with E-state index in [0.29, 0.717) is 12.5 Å². The van der Waals surface area contributed by atoms with E-state index >= 15 is 0 Å². The van der Waals surface area contributed by atoms with Gasteiger partial charge in [-0.15, -0.1) is 0 Å². The fourth-order valence-electron chi connectivity index (χ4n) is 1.78. The molecule has 0 aliphatic rings. The van der Waals surface area contributed by atoms with Gasteiger partial charge in [0.05, 0.1) is 6.54 Å².